The highest BCUT2D eigenvalue weighted by Crippen LogP contribution is 2.49. The van der Waals surface area contributed by atoms with Crippen LogP contribution >= 0.6 is 0 Å². The molecule has 2 heteroatoms. The Labute approximate surface area is 81.5 Å². The van der Waals surface area contributed by atoms with Crippen LogP contribution in [-0.4, -0.2) is 29.6 Å². The minimum Gasteiger partial charge on any atom is -0.327 e. The SMILES string of the molecule is CCC(C)(C)N1CC2(CCC2N)C1. The van der Waals surface area contributed by atoms with Crippen molar-refractivity contribution >= 4 is 0 Å². The lowest BCUT2D eigenvalue weighted by Gasteiger charge is -2.63. The lowest BCUT2D eigenvalue weighted by molar-refractivity contribution is -0.123. The molecule has 0 aromatic heterocycles. The number of hydrogen-bond acceptors (Lipinski definition) is 2. The Kier molecular flexibility index (Phi) is 1.97. The van der Waals surface area contributed by atoms with Crippen molar-refractivity contribution in [3.8, 4) is 0 Å². The van der Waals surface area contributed by atoms with E-state index in [0.717, 1.165) is 0 Å². The number of nitrogens with zero attached hydrogens (tertiary/aromatic N) is 1. The number of nitrogens with two attached hydrogens (primary N) is 1. The van der Waals surface area contributed by atoms with Crippen molar-refractivity contribution in [3.05, 3.63) is 0 Å². The van der Waals surface area contributed by atoms with Gasteiger partial charge in [0.05, 0.1) is 0 Å². The van der Waals surface area contributed by atoms with Crippen molar-refractivity contribution < 1.29 is 0 Å². The maximum absolute atomic E-state index is 6.04. The van der Waals surface area contributed by atoms with Gasteiger partial charge >= 0.3 is 0 Å². The standard InChI is InChI=1S/C11H22N2/c1-4-10(2,3)13-7-11(8-13)6-5-9(11)12/h9H,4-8,12H2,1-3H3. The second kappa shape index (κ2) is 2.71. The molecule has 1 heterocycles. The first-order valence-corrected chi connectivity index (χ1v) is 5.51. The molecule has 2 N–H and O–H groups in total. The molecule has 1 atom stereocenters. The quantitative estimate of drug-likeness (QED) is 0.703. The molecule has 1 unspecified atom stereocenters. The Morgan fingerprint density at radius 2 is 2.08 bits per heavy atom. The van der Waals surface area contributed by atoms with Gasteiger partial charge in [-0.1, -0.05) is 6.92 Å². The molecular weight excluding hydrogens is 160 g/mol. The molecule has 0 aromatic carbocycles. The first kappa shape index (κ1) is 9.47. The minimum absolute atomic E-state index is 0.389. The van der Waals surface area contributed by atoms with E-state index in [0.29, 0.717) is 17.0 Å². The first-order chi connectivity index (χ1) is 6.00. The van der Waals surface area contributed by atoms with Crippen molar-refractivity contribution in [1.82, 2.24) is 4.90 Å². The first-order valence-electron chi connectivity index (χ1n) is 5.51. The van der Waals surface area contributed by atoms with Crippen LogP contribution in [0.5, 0.6) is 0 Å². The number of likely N-dealkylation sites (tertiary alicyclic amines) is 1. The normalized spacial score (nSPS) is 32.8. The zero-order chi connectivity index (χ0) is 9.69. The summed E-state index contributed by atoms with van der Waals surface area (Å²) in [6, 6.07) is 0.497. The van der Waals surface area contributed by atoms with E-state index in [1.165, 1.54) is 32.4 Å². The fourth-order valence-corrected chi connectivity index (χ4v) is 2.48. The minimum atomic E-state index is 0.389. The van der Waals surface area contributed by atoms with Gasteiger partial charge in [0, 0.05) is 30.1 Å². The van der Waals surface area contributed by atoms with Crippen LogP contribution in [0.2, 0.25) is 0 Å². The van der Waals surface area contributed by atoms with Crippen molar-refractivity contribution in [3.63, 3.8) is 0 Å². The van der Waals surface area contributed by atoms with E-state index in [1.54, 1.807) is 0 Å². The zero-order valence-electron chi connectivity index (χ0n) is 9.14. The molecule has 13 heavy (non-hydrogen) atoms. The van der Waals surface area contributed by atoms with Gasteiger partial charge in [-0.3, -0.25) is 4.90 Å². The summed E-state index contributed by atoms with van der Waals surface area (Å²) < 4.78 is 0. The maximum atomic E-state index is 6.04. The lowest BCUT2D eigenvalue weighted by atomic mass is 9.59. The smallest absolute Gasteiger partial charge is 0.0151 e. The highest BCUT2D eigenvalue weighted by atomic mass is 15.3. The van der Waals surface area contributed by atoms with Crippen LogP contribution in [0.15, 0.2) is 0 Å². The second-order valence-electron chi connectivity index (χ2n) is 5.53. The highest BCUT2D eigenvalue weighted by Gasteiger charge is 2.55. The molecule has 0 bridgehead atoms. The number of hydrogen-bond donors (Lipinski definition) is 1. The second-order valence-corrected chi connectivity index (χ2v) is 5.53. The largest absolute Gasteiger partial charge is 0.327 e. The average Bonchev–Trinajstić information content (AvgIpc) is 1.99. The molecule has 2 nitrogen and oxygen atoms in total. The molecule has 1 aliphatic carbocycles. The summed E-state index contributed by atoms with van der Waals surface area (Å²) >= 11 is 0. The Hall–Kier alpha value is -0.0800. The monoisotopic (exact) mass is 182 g/mol. The average molecular weight is 182 g/mol. The van der Waals surface area contributed by atoms with Crippen LogP contribution in [0.1, 0.15) is 40.0 Å². The van der Waals surface area contributed by atoms with Gasteiger partial charge < -0.3 is 5.73 Å². The van der Waals surface area contributed by atoms with Gasteiger partial charge in [-0.05, 0) is 33.1 Å². The van der Waals surface area contributed by atoms with Crippen molar-refractivity contribution in [1.29, 1.82) is 0 Å². The van der Waals surface area contributed by atoms with Crippen LogP contribution in [0.4, 0.5) is 0 Å². The van der Waals surface area contributed by atoms with Crippen molar-refractivity contribution in [2.24, 2.45) is 11.1 Å². The van der Waals surface area contributed by atoms with Gasteiger partial charge in [-0.15, -0.1) is 0 Å². The fourth-order valence-electron chi connectivity index (χ4n) is 2.48. The lowest BCUT2D eigenvalue weighted by Crippen LogP contribution is -2.72. The van der Waals surface area contributed by atoms with Crippen LogP contribution in [0.3, 0.4) is 0 Å². The van der Waals surface area contributed by atoms with E-state index in [9.17, 15) is 0 Å². The highest BCUT2D eigenvalue weighted by molar-refractivity contribution is 5.10. The molecule has 2 rings (SSSR count). The Morgan fingerprint density at radius 3 is 2.38 bits per heavy atom. The molecule has 0 amide bonds. The summed E-state index contributed by atoms with van der Waals surface area (Å²) in [5.41, 5.74) is 6.96. The Bertz CT molecular complexity index is 204. The third-order valence-electron chi connectivity index (χ3n) is 4.47. The Morgan fingerprint density at radius 1 is 1.46 bits per heavy atom. The van der Waals surface area contributed by atoms with Gasteiger partial charge in [0.25, 0.3) is 0 Å². The zero-order valence-corrected chi connectivity index (χ0v) is 9.14. The fraction of sp³-hybridized carbons (Fsp3) is 1.00. The molecule has 76 valence electrons. The van der Waals surface area contributed by atoms with E-state index in [4.69, 9.17) is 5.73 Å². The van der Waals surface area contributed by atoms with E-state index in [2.05, 4.69) is 25.7 Å². The predicted molar refractivity (Wildman–Crippen MR) is 55.6 cm³/mol. The molecule has 2 aliphatic rings. The maximum Gasteiger partial charge on any atom is 0.0151 e. The van der Waals surface area contributed by atoms with Crippen LogP contribution < -0.4 is 5.73 Å². The predicted octanol–water partition coefficient (Wildman–Crippen LogP) is 1.60. The van der Waals surface area contributed by atoms with Crippen molar-refractivity contribution in [2.45, 2.75) is 51.6 Å². The molecular formula is C11H22N2. The van der Waals surface area contributed by atoms with E-state index in [-0.39, 0.29) is 0 Å². The van der Waals surface area contributed by atoms with Gasteiger partial charge in [0.1, 0.15) is 0 Å². The molecule has 1 aliphatic heterocycles. The summed E-state index contributed by atoms with van der Waals surface area (Å²) in [6.07, 6.45) is 3.85. The molecule has 1 saturated heterocycles. The number of rotatable bonds is 2. The molecule has 2 fully saturated rings. The van der Waals surface area contributed by atoms with Gasteiger partial charge in [-0.25, -0.2) is 0 Å². The summed E-state index contributed by atoms with van der Waals surface area (Å²) in [5.74, 6) is 0. The molecule has 0 aromatic rings. The van der Waals surface area contributed by atoms with Gasteiger partial charge in [0.15, 0.2) is 0 Å². The third kappa shape index (κ3) is 1.23. The van der Waals surface area contributed by atoms with E-state index in [1.807, 2.05) is 0 Å². The van der Waals surface area contributed by atoms with Crippen LogP contribution in [0, 0.1) is 5.41 Å². The molecule has 0 radical (unpaired) electrons. The third-order valence-corrected chi connectivity index (χ3v) is 4.47. The van der Waals surface area contributed by atoms with Crippen molar-refractivity contribution in [2.75, 3.05) is 13.1 Å². The van der Waals surface area contributed by atoms with Crippen LogP contribution in [-0.2, 0) is 0 Å². The summed E-state index contributed by atoms with van der Waals surface area (Å²) in [4.78, 5) is 2.59. The van der Waals surface area contributed by atoms with Crippen LogP contribution in [0.25, 0.3) is 0 Å². The Balaban J connectivity index is 1.91. The van der Waals surface area contributed by atoms with E-state index >= 15 is 0 Å². The summed E-state index contributed by atoms with van der Waals surface area (Å²) in [6.45, 7) is 9.43. The summed E-state index contributed by atoms with van der Waals surface area (Å²) in [5, 5.41) is 0. The van der Waals surface area contributed by atoms with Gasteiger partial charge in [0.2, 0.25) is 0 Å². The van der Waals surface area contributed by atoms with Gasteiger partial charge in [-0.2, -0.15) is 0 Å². The molecule has 1 saturated carbocycles. The van der Waals surface area contributed by atoms with E-state index < -0.39 is 0 Å². The topological polar surface area (TPSA) is 29.3 Å². The molecule has 1 spiro atoms. The summed E-state index contributed by atoms with van der Waals surface area (Å²) in [7, 11) is 0.